The Morgan fingerprint density at radius 2 is 2.14 bits per heavy atom. The largest absolute Gasteiger partial charge is 0.482 e. The van der Waals surface area contributed by atoms with Crippen LogP contribution in [0.25, 0.3) is 11.0 Å². The van der Waals surface area contributed by atoms with Gasteiger partial charge >= 0.3 is 11.9 Å². The van der Waals surface area contributed by atoms with Crippen molar-refractivity contribution in [1.82, 2.24) is 0 Å². The van der Waals surface area contributed by atoms with Gasteiger partial charge in [-0.2, -0.15) is 0 Å². The van der Waals surface area contributed by atoms with Crippen LogP contribution in [0.2, 0.25) is 0 Å². The summed E-state index contributed by atoms with van der Waals surface area (Å²) in [6.07, 6.45) is 1.47. The highest BCUT2D eigenvalue weighted by molar-refractivity contribution is 6.04. The topological polar surface area (TPSA) is 75.0 Å². The number of aryl methyl sites for hydroxylation is 1. The smallest absolute Gasteiger partial charge is 0.344 e. The third-order valence-corrected chi connectivity index (χ3v) is 2.94. The van der Waals surface area contributed by atoms with E-state index < -0.39 is 11.9 Å². The van der Waals surface area contributed by atoms with E-state index in [2.05, 4.69) is 6.58 Å². The fourth-order valence-electron chi connectivity index (χ4n) is 1.98. The molecule has 0 saturated heterocycles. The fraction of sp³-hybridized carbons (Fsp3) is 0.250. The van der Waals surface area contributed by atoms with E-state index in [9.17, 15) is 9.59 Å². The first-order chi connectivity index (χ1) is 10.6. The lowest BCUT2D eigenvalue weighted by molar-refractivity contribution is -0.144. The molecule has 116 valence electrons. The predicted molar refractivity (Wildman–Crippen MR) is 78.9 cm³/mol. The van der Waals surface area contributed by atoms with Crippen molar-refractivity contribution in [3.05, 3.63) is 42.2 Å². The monoisotopic (exact) mass is 304 g/mol. The molecule has 0 N–H and O–H groups in total. The van der Waals surface area contributed by atoms with Gasteiger partial charge in [0.2, 0.25) is 0 Å². The molecule has 0 atom stereocenters. The summed E-state index contributed by atoms with van der Waals surface area (Å²) in [5, 5.41) is 0.571. The molecule has 0 spiro atoms. The Morgan fingerprint density at radius 3 is 2.82 bits per heavy atom. The van der Waals surface area contributed by atoms with Crippen LogP contribution in [0.4, 0.5) is 0 Å². The van der Waals surface area contributed by atoms with E-state index in [0.717, 1.165) is 0 Å². The van der Waals surface area contributed by atoms with Crippen LogP contribution >= 0.6 is 0 Å². The molecule has 0 fully saturated rings. The van der Waals surface area contributed by atoms with Crippen LogP contribution in [0, 0.1) is 6.92 Å². The van der Waals surface area contributed by atoms with Crippen LogP contribution in [-0.4, -0.2) is 32.3 Å². The zero-order valence-electron chi connectivity index (χ0n) is 12.4. The van der Waals surface area contributed by atoms with Crippen molar-refractivity contribution in [1.29, 1.82) is 0 Å². The van der Waals surface area contributed by atoms with E-state index in [4.69, 9.17) is 18.6 Å². The molecule has 6 nitrogen and oxygen atoms in total. The van der Waals surface area contributed by atoms with E-state index in [-0.39, 0.29) is 13.2 Å². The second kappa shape index (κ2) is 6.80. The number of rotatable bonds is 6. The zero-order valence-corrected chi connectivity index (χ0v) is 12.4. The van der Waals surface area contributed by atoms with Crippen molar-refractivity contribution >= 4 is 22.9 Å². The average Bonchev–Trinajstić information content (AvgIpc) is 2.85. The van der Waals surface area contributed by atoms with Gasteiger partial charge in [0, 0.05) is 5.39 Å². The molecule has 0 bridgehead atoms. The van der Waals surface area contributed by atoms with Gasteiger partial charge in [-0.3, -0.25) is 0 Å². The van der Waals surface area contributed by atoms with Crippen molar-refractivity contribution in [2.45, 2.75) is 6.92 Å². The summed E-state index contributed by atoms with van der Waals surface area (Å²) in [5.74, 6) is -0.103. The van der Waals surface area contributed by atoms with Crippen LogP contribution in [0.5, 0.6) is 5.75 Å². The van der Waals surface area contributed by atoms with Gasteiger partial charge in [0.25, 0.3) is 0 Å². The van der Waals surface area contributed by atoms with E-state index in [1.54, 1.807) is 25.1 Å². The number of benzene rings is 1. The van der Waals surface area contributed by atoms with Gasteiger partial charge in [-0.15, -0.1) is 0 Å². The molecule has 1 heterocycles. The highest BCUT2D eigenvalue weighted by atomic mass is 16.6. The first-order valence-electron chi connectivity index (χ1n) is 6.57. The molecule has 0 unspecified atom stereocenters. The fourth-order valence-corrected chi connectivity index (χ4v) is 1.98. The molecule has 1 aromatic carbocycles. The van der Waals surface area contributed by atoms with Gasteiger partial charge < -0.3 is 18.6 Å². The van der Waals surface area contributed by atoms with Crippen molar-refractivity contribution in [2.24, 2.45) is 0 Å². The second-order valence-electron chi connectivity index (χ2n) is 4.44. The summed E-state index contributed by atoms with van der Waals surface area (Å²) in [5.41, 5.74) is 0.886. The Morgan fingerprint density at radius 1 is 1.36 bits per heavy atom. The number of ether oxygens (including phenoxy) is 3. The summed E-state index contributed by atoms with van der Waals surface area (Å²) in [4.78, 5) is 23.2. The first-order valence-corrected chi connectivity index (χ1v) is 6.57. The molecule has 6 heteroatoms. The second-order valence-corrected chi connectivity index (χ2v) is 4.44. The minimum absolute atomic E-state index is 0.134. The van der Waals surface area contributed by atoms with Crippen molar-refractivity contribution in [2.75, 3.05) is 20.3 Å². The van der Waals surface area contributed by atoms with Gasteiger partial charge in [-0.1, -0.05) is 12.7 Å². The number of carbonyl (C=O) groups is 2. The van der Waals surface area contributed by atoms with E-state index in [0.29, 0.717) is 28.0 Å². The third kappa shape index (κ3) is 3.28. The van der Waals surface area contributed by atoms with Crippen molar-refractivity contribution in [3.8, 4) is 5.75 Å². The summed E-state index contributed by atoms with van der Waals surface area (Å²) in [7, 11) is 1.30. The Labute approximate surface area is 127 Å². The van der Waals surface area contributed by atoms with E-state index >= 15 is 0 Å². The number of furan rings is 1. The molecular formula is C16H16O6. The van der Waals surface area contributed by atoms with Crippen LogP contribution in [0.15, 0.2) is 35.3 Å². The molecule has 22 heavy (non-hydrogen) atoms. The van der Waals surface area contributed by atoms with Gasteiger partial charge in [0.15, 0.2) is 6.61 Å². The molecule has 0 radical (unpaired) electrons. The van der Waals surface area contributed by atoms with Crippen LogP contribution in [0.3, 0.4) is 0 Å². The van der Waals surface area contributed by atoms with Gasteiger partial charge in [-0.05, 0) is 25.1 Å². The van der Waals surface area contributed by atoms with Crippen LogP contribution in [-0.2, 0) is 14.3 Å². The molecule has 1 aromatic heterocycles. The Hall–Kier alpha value is -2.76. The third-order valence-electron chi connectivity index (χ3n) is 2.94. The van der Waals surface area contributed by atoms with E-state index in [1.807, 2.05) is 0 Å². The SMILES string of the molecule is C=CCOC(=O)COc1ccc2oc(C)c(C(=O)OC)c2c1. The molecule has 0 aliphatic carbocycles. The molecule has 0 aliphatic heterocycles. The maximum absolute atomic E-state index is 11.8. The van der Waals surface area contributed by atoms with E-state index in [1.165, 1.54) is 13.2 Å². The summed E-state index contributed by atoms with van der Waals surface area (Å²) < 4.78 is 20.4. The normalized spacial score (nSPS) is 10.3. The predicted octanol–water partition coefficient (Wildman–Crippen LogP) is 2.64. The number of hydrogen-bond acceptors (Lipinski definition) is 6. The zero-order chi connectivity index (χ0) is 16.1. The molecule has 0 aliphatic rings. The van der Waals surface area contributed by atoms with Crippen LogP contribution < -0.4 is 4.74 Å². The highest BCUT2D eigenvalue weighted by Crippen LogP contribution is 2.29. The van der Waals surface area contributed by atoms with Gasteiger partial charge in [0.1, 0.15) is 29.3 Å². The molecule has 0 amide bonds. The number of fused-ring (bicyclic) bond motifs is 1. The molecular weight excluding hydrogens is 288 g/mol. The summed E-state index contributed by atoms with van der Waals surface area (Å²) >= 11 is 0. The van der Waals surface area contributed by atoms with Gasteiger partial charge in [-0.25, -0.2) is 9.59 Å². The summed E-state index contributed by atoms with van der Waals surface area (Å²) in [6.45, 7) is 5.03. The maximum atomic E-state index is 11.8. The molecule has 0 saturated carbocycles. The lowest BCUT2D eigenvalue weighted by Gasteiger charge is -2.06. The van der Waals surface area contributed by atoms with Crippen LogP contribution in [0.1, 0.15) is 16.1 Å². The number of methoxy groups -OCH3 is 1. The van der Waals surface area contributed by atoms with Crippen molar-refractivity contribution in [3.63, 3.8) is 0 Å². The first kappa shape index (κ1) is 15.6. The lowest BCUT2D eigenvalue weighted by atomic mass is 10.1. The maximum Gasteiger partial charge on any atom is 0.344 e. The quantitative estimate of drug-likeness (QED) is 0.603. The minimum Gasteiger partial charge on any atom is -0.482 e. The number of hydrogen-bond donors (Lipinski definition) is 0. The molecule has 2 rings (SSSR count). The lowest BCUT2D eigenvalue weighted by Crippen LogP contribution is -2.14. The molecule has 2 aromatic rings. The van der Waals surface area contributed by atoms with Crippen molar-refractivity contribution < 1.29 is 28.2 Å². The van der Waals surface area contributed by atoms with Gasteiger partial charge in [0.05, 0.1) is 7.11 Å². The number of esters is 2. The Bertz CT molecular complexity index is 713. The standard InChI is InChI=1S/C16H16O6/c1-4-7-20-14(17)9-21-11-5-6-13-12(8-11)15(10(2)22-13)16(18)19-3/h4-6,8H,1,7,9H2,2-3H3. The summed E-state index contributed by atoms with van der Waals surface area (Å²) in [6, 6.07) is 4.94. The average molecular weight is 304 g/mol. The Balaban J connectivity index is 2.20. The highest BCUT2D eigenvalue weighted by Gasteiger charge is 2.19. The minimum atomic E-state index is -0.503. The number of carbonyl (C=O) groups excluding carboxylic acids is 2. The Kier molecular flexibility index (Phi) is 4.83.